The van der Waals surface area contributed by atoms with Crippen LogP contribution in [0.3, 0.4) is 0 Å². The highest BCUT2D eigenvalue weighted by atomic mass is 79.9. The molecule has 112 valence electrons. The van der Waals surface area contributed by atoms with Gasteiger partial charge in [0.2, 0.25) is 0 Å². The predicted octanol–water partition coefficient (Wildman–Crippen LogP) is 2.69. The molecule has 0 heterocycles. The zero-order valence-corrected chi connectivity index (χ0v) is 13.6. The van der Waals surface area contributed by atoms with Crippen LogP contribution in [0.15, 0.2) is 18.2 Å². The standard InChI is InChI=1S/C12H16BrNO5S/c1-9(2)20(17,18)6-5-19-12-4-3-11(14(15)16)7-10(12)8-13/h3-4,7,9H,5-6,8H2,1-2H3. The Bertz CT molecular complexity index is 586. The number of non-ortho nitro benzene ring substituents is 1. The summed E-state index contributed by atoms with van der Waals surface area (Å²) in [6.07, 6.45) is 0. The molecule has 1 aromatic carbocycles. The second kappa shape index (κ2) is 7.03. The van der Waals surface area contributed by atoms with Crippen LogP contribution >= 0.6 is 15.9 Å². The van der Waals surface area contributed by atoms with Crippen molar-refractivity contribution in [2.75, 3.05) is 12.4 Å². The maximum atomic E-state index is 11.6. The lowest BCUT2D eigenvalue weighted by molar-refractivity contribution is -0.384. The molecule has 0 fully saturated rings. The summed E-state index contributed by atoms with van der Waals surface area (Å²) in [7, 11) is -3.15. The van der Waals surface area contributed by atoms with Crippen LogP contribution in [0.4, 0.5) is 5.69 Å². The molecule has 0 atom stereocenters. The molecule has 8 heteroatoms. The maximum Gasteiger partial charge on any atom is 0.270 e. The van der Waals surface area contributed by atoms with Crippen LogP contribution in [-0.4, -0.2) is 31.0 Å². The van der Waals surface area contributed by atoms with Crippen LogP contribution in [-0.2, 0) is 15.2 Å². The van der Waals surface area contributed by atoms with Gasteiger partial charge in [-0.1, -0.05) is 15.9 Å². The van der Waals surface area contributed by atoms with E-state index < -0.39 is 20.0 Å². The summed E-state index contributed by atoms with van der Waals surface area (Å²) in [5.74, 6) is 0.370. The van der Waals surface area contributed by atoms with Gasteiger partial charge in [-0.15, -0.1) is 0 Å². The molecule has 0 saturated carbocycles. The molecule has 0 radical (unpaired) electrons. The molecule has 0 aliphatic heterocycles. The van der Waals surface area contributed by atoms with Crippen LogP contribution in [0.5, 0.6) is 5.75 Å². The van der Waals surface area contributed by atoms with E-state index in [1.165, 1.54) is 18.2 Å². The van der Waals surface area contributed by atoms with Gasteiger partial charge in [-0.25, -0.2) is 8.42 Å². The van der Waals surface area contributed by atoms with Crippen molar-refractivity contribution in [1.29, 1.82) is 0 Å². The zero-order chi connectivity index (χ0) is 15.3. The summed E-state index contributed by atoms with van der Waals surface area (Å²) >= 11 is 3.23. The van der Waals surface area contributed by atoms with E-state index in [1.54, 1.807) is 13.8 Å². The van der Waals surface area contributed by atoms with Crippen molar-refractivity contribution in [1.82, 2.24) is 0 Å². The number of alkyl halides is 1. The van der Waals surface area contributed by atoms with Crippen LogP contribution in [0.1, 0.15) is 19.4 Å². The third-order valence-electron chi connectivity index (χ3n) is 2.74. The van der Waals surface area contributed by atoms with Crippen molar-refractivity contribution < 1.29 is 18.1 Å². The quantitative estimate of drug-likeness (QED) is 0.421. The highest BCUT2D eigenvalue weighted by molar-refractivity contribution is 9.08. The lowest BCUT2D eigenvalue weighted by Gasteiger charge is -2.11. The van der Waals surface area contributed by atoms with Gasteiger partial charge >= 0.3 is 0 Å². The topological polar surface area (TPSA) is 86.5 Å². The van der Waals surface area contributed by atoms with Crippen LogP contribution in [0.25, 0.3) is 0 Å². The molecule has 1 rings (SSSR count). The number of hydrogen-bond donors (Lipinski definition) is 0. The van der Waals surface area contributed by atoms with Gasteiger partial charge in [0.15, 0.2) is 9.84 Å². The van der Waals surface area contributed by atoms with E-state index in [0.29, 0.717) is 16.6 Å². The first kappa shape index (κ1) is 16.9. The van der Waals surface area contributed by atoms with Crippen LogP contribution in [0.2, 0.25) is 0 Å². The fourth-order valence-electron chi connectivity index (χ4n) is 1.43. The number of ether oxygens (including phenoxy) is 1. The average Bonchev–Trinajstić information content (AvgIpc) is 2.38. The minimum Gasteiger partial charge on any atom is -0.492 e. The van der Waals surface area contributed by atoms with Crippen molar-refractivity contribution in [3.05, 3.63) is 33.9 Å². The van der Waals surface area contributed by atoms with Gasteiger partial charge in [-0.2, -0.15) is 0 Å². The summed E-state index contributed by atoms with van der Waals surface area (Å²) in [5, 5.41) is 10.6. The third-order valence-corrected chi connectivity index (χ3v) is 5.52. The summed E-state index contributed by atoms with van der Waals surface area (Å²) in [6, 6.07) is 4.22. The van der Waals surface area contributed by atoms with E-state index in [4.69, 9.17) is 4.74 Å². The summed E-state index contributed by atoms with van der Waals surface area (Å²) in [5.41, 5.74) is 0.586. The first-order valence-corrected chi connectivity index (χ1v) is 8.79. The number of nitro groups is 1. The van der Waals surface area contributed by atoms with Crippen molar-refractivity contribution in [2.24, 2.45) is 0 Å². The fourth-order valence-corrected chi connectivity index (χ4v) is 2.65. The summed E-state index contributed by atoms with van der Waals surface area (Å²) in [4.78, 5) is 10.2. The van der Waals surface area contributed by atoms with Crippen molar-refractivity contribution >= 4 is 31.5 Å². The van der Waals surface area contributed by atoms with Crippen molar-refractivity contribution in [3.63, 3.8) is 0 Å². The monoisotopic (exact) mass is 365 g/mol. The Labute approximate surface area is 126 Å². The lowest BCUT2D eigenvalue weighted by Crippen LogP contribution is -2.22. The number of sulfone groups is 1. The number of benzene rings is 1. The largest absolute Gasteiger partial charge is 0.492 e. The number of halogens is 1. The van der Waals surface area contributed by atoms with Gasteiger partial charge < -0.3 is 4.74 Å². The van der Waals surface area contributed by atoms with Gasteiger partial charge in [0, 0.05) is 23.0 Å². The third kappa shape index (κ3) is 4.45. The Morgan fingerprint density at radius 3 is 2.55 bits per heavy atom. The number of rotatable bonds is 7. The van der Waals surface area contributed by atoms with Gasteiger partial charge in [-0.05, 0) is 19.9 Å². The molecule has 1 aromatic rings. The molecule has 0 N–H and O–H groups in total. The first-order chi connectivity index (χ1) is 9.27. The minimum atomic E-state index is -3.15. The number of nitro benzene ring substituents is 1. The summed E-state index contributed by atoms with van der Waals surface area (Å²) < 4.78 is 28.7. The molecule has 0 aromatic heterocycles. The Morgan fingerprint density at radius 1 is 1.40 bits per heavy atom. The SMILES string of the molecule is CC(C)S(=O)(=O)CCOc1ccc([N+](=O)[O-])cc1CBr. The average molecular weight is 366 g/mol. The number of nitrogens with zero attached hydrogens (tertiary/aromatic N) is 1. The fraction of sp³-hybridized carbons (Fsp3) is 0.500. The van der Waals surface area contributed by atoms with Crippen LogP contribution < -0.4 is 4.74 Å². The Hall–Kier alpha value is -1.15. The van der Waals surface area contributed by atoms with Gasteiger partial charge in [0.25, 0.3) is 5.69 Å². The maximum absolute atomic E-state index is 11.6. The van der Waals surface area contributed by atoms with Crippen molar-refractivity contribution in [3.8, 4) is 5.75 Å². The molecule has 20 heavy (non-hydrogen) atoms. The van der Waals surface area contributed by atoms with E-state index in [-0.39, 0.29) is 18.0 Å². The molecule has 0 unspecified atom stereocenters. The zero-order valence-electron chi connectivity index (χ0n) is 11.2. The van der Waals surface area contributed by atoms with E-state index in [9.17, 15) is 18.5 Å². The van der Waals surface area contributed by atoms with Crippen molar-refractivity contribution in [2.45, 2.75) is 24.4 Å². The second-order valence-electron chi connectivity index (χ2n) is 4.45. The molecule has 0 aliphatic rings. The second-order valence-corrected chi connectivity index (χ2v) is 7.68. The normalized spacial score (nSPS) is 11.6. The lowest BCUT2D eigenvalue weighted by atomic mass is 10.2. The molecular weight excluding hydrogens is 350 g/mol. The molecule has 0 spiro atoms. The molecule has 0 saturated heterocycles. The van der Waals surface area contributed by atoms with E-state index >= 15 is 0 Å². The van der Waals surface area contributed by atoms with E-state index in [0.717, 1.165) is 0 Å². The Kier molecular flexibility index (Phi) is 5.94. The summed E-state index contributed by atoms with van der Waals surface area (Å²) in [6.45, 7) is 3.26. The number of hydrogen-bond acceptors (Lipinski definition) is 5. The first-order valence-electron chi connectivity index (χ1n) is 5.95. The molecule has 0 bridgehead atoms. The van der Waals surface area contributed by atoms with Gasteiger partial charge in [-0.3, -0.25) is 10.1 Å². The predicted molar refractivity (Wildman–Crippen MR) is 80.1 cm³/mol. The highest BCUT2D eigenvalue weighted by Gasteiger charge is 2.17. The van der Waals surface area contributed by atoms with E-state index in [1.807, 2.05) is 0 Å². The van der Waals surface area contributed by atoms with Gasteiger partial charge in [0.05, 0.1) is 15.9 Å². The molecular formula is C12H16BrNO5S. The van der Waals surface area contributed by atoms with Gasteiger partial charge in [0.1, 0.15) is 12.4 Å². The highest BCUT2D eigenvalue weighted by Crippen LogP contribution is 2.26. The molecule has 6 nitrogen and oxygen atoms in total. The Balaban J connectivity index is 2.76. The molecule has 0 aliphatic carbocycles. The van der Waals surface area contributed by atoms with Crippen LogP contribution in [0, 0.1) is 10.1 Å². The smallest absolute Gasteiger partial charge is 0.270 e. The Morgan fingerprint density at radius 2 is 2.05 bits per heavy atom. The van der Waals surface area contributed by atoms with E-state index in [2.05, 4.69) is 15.9 Å². The minimum absolute atomic E-state index is 0.0261. The molecule has 0 amide bonds.